The molecule has 5 nitrogen and oxygen atoms in total. The number of hydrogen-bond acceptors (Lipinski definition) is 6. The first-order chi connectivity index (χ1) is 10.7. The van der Waals surface area contributed by atoms with Crippen LogP contribution in [0.25, 0.3) is 10.6 Å². The number of nitrogens with two attached hydrogens (primary N) is 1. The minimum absolute atomic E-state index is 0.139. The number of piperazine rings is 1. The van der Waals surface area contributed by atoms with Crippen LogP contribution in [0.4, 0.5) is 5.13 Å². The van der Waals surface area contributed by atoms with E-state index in [4.69, 9.17) is 10.7 Å². The van der Waals surface area contributed by atoms with Crippen molar-refractivity contribution in [3.8, 4) is 10.6 Å². The molecule has 1 aliphatic rings. The van der Waals surface area contributed by atoms with Gasteiger partial charge in [0.25, 0.3) is 0 Å². The van der Waals surface area contributed by atoms with E-state index in [1.165, 1.54) is 4.88 Å². The van der Waals surface area contributed by atoms with Gasteiger partial charge in [-0.2, -0.15) is 0 Å². The minimum atomic E-state index is -0.217. The first kappa shape index (κ1) is 15.5. The second kappa shape index (κ2) is 6.76. The van der Waals surface area contributed by atoms with Gasteiger partial charge < -0.3 is 10.6 Å². The van der Waals surface area contributed by atoms with Crippen molar-refractivity contribution in [1.82, 2.24) is 9.88 Å². The number of hydrogen-bond donors (Lipinski definition) is 1. The second-order valence-electron chi connectivity index (χ2n) is 5.34. The number of anilines is 1. The summed E-state index contributed by atoms with van der Waals surface area (Å²) in [5.41, 5.74) is 6.53. The molecule has 1 amide bonds. The van der Waals surface area contributed by atoms with Crippen molar-refractivity contribution < 1.29 is 4.79 Å². The number of carbonyl (C=O) groups excluding carboxylic acids is 1. The Morgan fingerprint density at radius 1 is 1.36 bits per heavy atom. The SMILES string of the molecule is CC[C@H](C(N)=O)N1CCN(c2nc(-c3cccs3)cs2)CC1. The van der Waals surface area contributed by atoms with Crippen LogP contribution in [-0.2, 0) is 4.79 Å². The number of aromatic nitrogens is 1. The summed E-state index contributed by atoms with van der Waals surface area (Å²) >= 11 is 3.40. The lowest BCUT2D eigenvalue weighted by Crippen LogP contribution is -2.54. The molecule has 0 unspecified atom stereocenters. The zero-order valence-electron chi connectivity index (χ0n) is 12.6. The number of primary amides is 1. The quantitative estimate of drug-likeness (QED) is 0.910. The summed E-state index contributed by atoms with van der Waals surface area (Å²) < 4.78 is 0. The van der Waals surface area contributed by atoms with E-state index in [1.807, 2.05) is 13.0 Å². The minimum Gasteiger partial charge on any atom is -0.368 e. The summed E-state index contributed by atoms with van der Waals surface area (Å²) in [7, 11) is 0. The van der Waals surface area contributed by atoms with Gasteiger partial charge in [0, 0.05) is 31.6 Å². The highest BCUT2D eigenvalue weighted by Gasteiger charge is 2.27. The fourth-order valence-corrected chi connectivity index (χ4v) is 4.45. The maximum Gasteiger partial charge on any atom is 0.234 e. The molecule has 1 atom stereocenters. The van der Waals surface area contributed by atoms with Gasteiger partial charge in [-0.25, -0.2) is 4.98 Å². The number of carbonyl (C=O) groups is 1. The summed E-state index contributed by atoms with van der Waals surface area (Å²) in [5.74, 6) is -0.217. The van der Waals surface area contributed by atoms with Crippen molar-refractivity contribution in [3.05, 3.63) is 22.9 Å². The molecule has 0 spiro atoms. The number of nitrogens with zero attached hydrogens (tertiary/aromatic N) is 3. The highest BCUT2D eigenvalue weighted by molar-refractivity contribution is 7.16. The van der Waals surface area contributed by atoms with Crippen molar-refractivity contribution in [1.29, 1.82) is 0 Å². The van der Waals surface area contributed by atoms with Gasteiger partial charge in [0.2, 0.25) is 5.91 Å². The smallest absolute Gasteiger partial charge is 0.234 e. The Balaban J connectivity index is 1.63. The summed E-state index contributed by atoms with van der Waals surface area (Å²) in [6.45, 7) is 5.50. The first-order valence-corrected chi connectivity index (χ1v) is 9.22. The molecule has 3 rings (SSSR count). The first-order valence-electron chi connectivity index (χ1n) is 7.46. The molecule has 7 heteroatoms. The van der Waals surface area contributed by atoms with Crippen LogP contribution in [0.2, 0.25) is 0 Å². The molecule has 1 fully saturated rings. The normalized spacial score (nSPS) is 17.6. The molecule has 0 aliphatic carbocycles. The zero-order chi connectivity index (χ0) is 15.5. The summed E-state index contributed by atoms with van der Waals surface area (Å²) in [4.78, 5) is 21.9. The maximum absolute atomic E-state index is 11.5. The van der Waals surface area contributed by atoms with Crippen molar-refractivity contribution in [2.24, 2.45) is 5.73 Å². The molecular formula is C15H20N4OS2. The molecule has 2 aromatic rings. The third-order valence-electron chi connectivity index (χ3n) is 4.01. The third-order valence-corrected chi connectivity index (χ3v) is 5.80. The van der Waals surface area contributed by atoms with Crippen molar-refractivity contribution in [3.63, 3.8) is 0 Å². The molecule has 2 aromatic heterocycles. The lowest BCUT2D eigenvalue weighted by molar-refractivity contribution is -0.123. The Hall–Kier alpha value is -1.44. The highest BCUT2D eigenvalue weighted by Crippen LogP contribution is 2.30. The highest BCUT2D eigenvalue weighted by atomic mass is 32.1. The Kier molecular flexibility index (Phi) is 4.75. The van der Waals surface area contributed by atoms with E-state index in [0.29, 0.717) is 0 Å². The zero-order valence-corrected chi connectivity index (χ0v) is 14.2. The average Bonchev–Trinajstić information content (AvgIpc) is 3.19. The summed E-state index contributed by atoms with van der Waals surface area (Å²) in [6.07, 6.45) is 0.773. The number of rotatable bonds is 5. The number of thiazole rings is 1. The van der Waals surface area contributed by atoms with E-state index in [0.717, 1.165) is 43.4 Å². The van der Waals surface area contributed by atoms with Crippen LogP contribution in [0, 0.1) is 0 Å². The van der Waals surface area contributed by atoms with Gasteiger partial charge in [0.05, 0.1) is 16.6 Å². The largest absolute Gasteiger partial charge is 0.368 e. The van der Waals surface area contributed by atoms with Crippen LogP contribution >= 0.6 is 22.7 Å². The Labute approximate surface area is 138 Å². The Morgan fingerprint density at radius 2 is 2.14 bits per heavy atom. The van der Waals surface area contributed by atoms with E-state index < -0.39 is 0 Å². The molecule has 118 valence electrons. The van der Waals surface area contributed by atoms with Crippen molar-refractivity contribution in [2.45, 2.75) is 19.4 Å². The van der Waals surface area contributed by atoms with Crippen LogP contribution in [0.15, 0.2) is 22.9 Å². The van der Waals surface area contributed by atoms with Gasteiger partial charge in [-0.1, -0.05) is 13.0 Å². The third kappa shape index (κ3) is 3.16. The van der Waals surface area contributed by atoms with Crippen LogP contribution in [0.5, 0.6) is 0 Å². The van der Waals surface area contributed by atoms with Gasteiger partial charge in [-0.15, -0.1) is 22.7 Å². The molecule has 0 aromatic carbocycles. The number of thiophene rings is 1. The fraction of sp³-hybridized carbons (Fsp3) is 0.467. The maximum atomic E-state index is 11.5. The monoisotopic (exact) mass is 336 g/mol. The van der Waals surface area contributed by atoms with E-state index in [2.05, 4.69) is 26.6 Å². The van der Waals surface area contributed by atoms with Crippen LogP contribution < -0.4 is 10.6 Å². The molecule has 0 bridgehead atoms. The fourth-order valence-electron chi connectivity index (χ4n) is 2.81. The van der Waals surface area contributed by atoms with E-state index in [1.54, 1.807) is 22.7 Å². The molecule has 1 saturated heterocycles. The molecule has 2 N–H and O–H groups in total. The summed E-state index contributed by atoms with van der Waals surface area (Å²) in [6, 6.07) is 4.01. The Bertz CT molecular complexity index is 617. The van der Waals surface area contributed by atoms with E-state index >= 15 is 0 Å². The lowest BCUT2D eigenvalue weighted by atomic mass is 10.1. The van der Waals surface area contributed by atoms with Gasteiger partial charge >= 0.3 is 0 Å². The molecular weight excluding hydrogens is 316 g/mol. The standard InChI is InChI=1S/C15H20N4OS2/c1-2-12(14(16)20)18-5-7-19(8-6-18)15-17-11(10-22-15)13-4-3-9-21-13/h3-4,9-10,12H,2,5-8H2,1H3,(H2,16,20)/t12-/m1/s1. The topological polar surface area (TPSA) is 62.5 Å². The molecule has 3 heterocycles. The molecule has 0 radical (unpaired) electrons. The van der Waals surface area contributed by atoms with Crippen LogP contribution in [0.1, 0.15) is 13.3 Å². The Morgan fingerprint density at radius 3 is 2.73 bits per heavy atom. The molecule has 0 saturated carbocycles. The van der Waals surface area contributed by atoms with Crippen LogP contribution in [0.3, 0.4) is 0 Å². The van der Waals surface area contributed by atoms with E-state index in [9.17, 15) is 4.79 Å². The van der Waals surface area contributed by atoms with Crippen LogP contribution in [-0.4, -0.2) is 48.0 Å². The van der Waals surface area contributed by atoms with E-state index in [-0.39, 0.29) is 11.9 Å². The lowest BCUT2D eigenvalue weighted by Gasteiger charge is -2.37. The van der Waals surface area contributed by atoms with Crippen molar-refractivity contribution >= 4 is 33.7 Å². The van der Waals surface area contributed by atoms with Crippen molar-refractivity contribution in [2.75, 3.05) is 31.1 Å². The molecule has 1 aliphatic heterocycles. The average molecular weight is 336 g/mol. The number of amides is 1. The predicted octanol–water partition coefficient (Wildman–Crippen LogP) is 2.26. The van der Waals surface area contributed by atoms with Gasteiger partial charge in [0.15, 0.2) is 5.13 Å². The second-order valence-corrected chi connectivity index (χ2v) is 7.13. The van der Waals surface area contributed by atoms with Gasteiger partial charge in [0.1, 0.15) is 0 Å². The van der Waals surface area contributed by atoms with Gasteiger partial charge in [-0.3, -0.25) is 9.69 Å². The van der Waals surface area contributed by atoms with Gasteiger partial charge in [-0.05, 0) is 17.9 Å². The predicted molar refractivity (Wildman–Crippen MR) is 92.5 cm³/mol. The summed E-state index contributed by atoms with van der Waals surface area (Å²) in [5, 5.41) is 5.25. The molecule has 22 heavy (non-hydrogen) atoms.